The standard InChI is InChI=1S/C16H26N4O3S/c1-6-23-14(21)12-10(2)19-13(24-12)11(3)20-15(17-5)18-7-16(4)8-22-9-16/h11H,6-9H2,1-5H3,(H2,17,18,20). The van der Waals surface area contributed by atoms with Crippen LogP contribution in [0.2, 0.25) is 0 Å². The van der Waals surface area contributed by atoms with Gasteiger partial charge in [-0.3, -0.25) is 4.99 Å². The third-order valence-corrected chi connectivity index (χ3v) is 5.13. The van der Waals surface area contributed by atoms with Crippen molar-refractivity contribution in [2.24, 2.45) is 10.4 Å². The molecule has 1 aliphatic rings. The summed E-state index contributed by atoms with van der Waals surface area (Å²) < 4.78 is 10.3. The molecule has 1 aromatic heterocycles. The molecule has 0 spiro atoms. The number of aromatic nitrogens is 1. The van der Waals surface area contributed by atoms with E-state index in [1.54, 1.807) is 14.0 Å². The number of rotatable bonds is 6. The van der Waals surface area contributed by atoms with Gasteiger partial charge in [-0.1, -0.05) is 6.92 Å². The van der Waals surface area contributed by atoms with Crippen LogP contribution < -0.4 is 10.6 Å². The number of carbonyl (C=O) groups excluding carboxylic acids is 1. The highest BCUT2D eigenvalue weighted by Crippen LogP contribution is 2.26. The highest BCUT2D eigenvalue weighted by atomic mass is 32.1. The Labute approximate surface area is 146 Å². The van der Waals surface area contributed by atoms with Crippen molar-refractivity contribution in [2.45, 2.75) is 33.7 Å². The summed E-state index contributed by atoms with van der Waals surface area (Å²) in [4.78, 5) is 21.2. The molecular formula is C16H26N4O3S. The number of thiazole rings is 1. The first-order valence-corrected chi connectivity index (χ1v) is 8.89. The molecule has 1 atom stereocenters. The number of ether oxygens (including phenoxy) is 2. The molecule has 2 heterocycles. The monoisotopic (exact) mass is 354 g/mol. The van der Waals surface area contributed by atoms with E-state index in [0.717, 1.165) is 24.8 Å². The highest BCUT2D eigenvalue weighted by molar-refractivity contribution is 7.13. The van der Waals surface area contributed by atoms with Gasteiger partial charge < -0.3 is 20.1 Å². The van der Waals surface area contributed by atoms with Crippen LogP contribution in [0, 0.1) is 12.3 Å². The molecule has 0 radical (unpaired) electrons. The summed E-state index contributed by atoms with van der Waals surface area (Å²) in [5, 5.41) is 7.46. The Morgan fingerprint density at radius 3 is 2.79 bits per heavy atom. The molecule has 2 rings (SSSR count). The van der Waals surface area contributed by atoms with Crippen molar-refractivity contribution in [1.29, 1.82) is 0 Å². The van der Waals surface area contributed by atoms with Crippen LogP contribution in [-0.4, -0.2) is 50.3 Å². The molecule has 24 heavy (non-hydrogen) atoms. The molecule has 2 N–H and O–H groups in total. The van der Waals surface area contributed by atoms with Crippen LogP contribution in [-0.2, 0) is 9.47 Å². The van der Waals surface area contributed by atoms with E-state index < -0.39 is 0 Å². The Hall–Kier alpha value is -1.67. The highest BCUT2D eigenvalue weighted by Gasteiger charge is 2.33. The normalized spacial score (nSPS) is 17.8. The summed E-state index contributed by atoms with van der Waals surface area (Å²) in [5.74, 6) is 0.396. The van der Waals surface area contributed by atoms with Gasteiger partial charge in [-0.2, -0.15) is 0 Å². The second-order valence-corrected chi connectivity index (χ2v) is 7.31. The minimum atomic E-state index is -0.314. The van der Waals surface area contributed by atoms with Gasteiger partial charge in [-0.15, -0.1) is 11.3 Å². The molecule has 0 aliphatic carbocycles. The predicted octanol–water partition coefficient (Wildman–Crippen LogP) is 1.89. The van der Waals surface area contributed by atoms with Gasteiger partial charge in [-0.25, -0.2) is 9.78 Å². The average Bonchev–Trinajstić information content (AvgIpc) is 2.91. The van der Waals surface area contributed by atoms with Crippen LogP contribution >= 0.6 is 11.3 Å². The number of aryl methyl sites for hydroxylation is 1. The number of carbonyl (C=O) groups is 1. The lowest BCUT2D eigenvalue weighted by molar-refractivity contribution is -0.0971. The van der Waals surface area contributed by atoms with Gasteiger partial charge in [0, 0.05) is 19.0 Å². The Morgan fingerprint density at radius 1 is 1.54 bits per heavy atom. The smallest absolute Gasteiger partial charge is 0.350 e. The first-order valence-electron chi connectivity index (χ1n) is 8.08. The molecule has 0 bridgehead atoms. The van der Waals surface area contributed by atoms with Gasteiger partial charge in [0.1, 0.15) is 9.88 Å². The third kappa shape index (κ3) is 4.45. The number of esters is 1. The van der Waals surface area contributed by atoms with Crippen molar-refractivity contribution in [2.75, 3.05) is 33.4 Å². The van der Waals surface area contributed by atoms with Crippen LogP contribution in [0.25, 0.3) is 0 Å². The van der Waals surface area contributed by atoms with E-state index in [1.807, 2.05) is 13.8 Å². The number of nitrogens with one attached hydrogen (secondary N) is 2. The lowest BCUT2D eigenvalue weighted by atomic mass is 9.89. The van der Waals surface area contributed by atoms with Crippen molar-refractivity contribution in [1.82, 2.24) is 15.6 Å². The third-order valence-electron chi connectivity index (χ3n) is 3.80. The van der Waals surface area contributed by atoms with Crippen LogP contribution in [0.5, 0.6) is 0 Å². The maximum atomic E-state index is 11.9. The van der Waals surface area contributed by atoms with Gasteiger partial charge in [0.25, 0.3) is 0 Å². The largest absolute Gasteiger partial charge is 0.462 e. The molecule has 1 unspecified atom stereocenters. The van der Waals surface area contributed by atoms with Crippen LogP contribution in [0.1, 0.15) is 47.2 Å². The molecule has 7 nitrogen and oxygen atoms in total. The van der Waals surface area contributed by atoms with Crippen molar-refractivity contribution in [3.63, 3.8) is 0 Å². The molecule has 0 amide bonds. The molecule has 1 aliphatic heterocycles. The lowest BCUT2D eigenvalue weighted by Gasteiger charge is -2.38. The van der Waals surface area contributed by atoms with Gasteiger partial charge in [0.05, 0.1) is 31.6 Å². The van der Waals surface area contributed by atoms with Crippen molar-refractivity contribution in [3.8, 4) is 0 Å². The average molecular weight is 354 g/mol. The van der Waals surface area contributed by atoms with E-state index in [4.69, 9.17) is 9.47 Å². The first kappa shape index (κ1) is 18.7. The summed E-state index contributed by atoms with van der Waals surface area (Å²) in [6, 6.07) is -0.0616. The molecular weight excluding hydrogens is 328 g/mol. The first-order chi connectivity index (χ1) is 11.4. The molecule has 134 valence electrons. The maximum absolute atomic E-state index is 11.9. The summed E-state index contributed by atoms with van der Waals surface area (Å²) in [6.45, 7) is 10.5. The Kier molecular flexibility index (Phi) is 6.17. The summed E-state index contributed by atoms with van der Waals surface area (Å²) >= 11 is 1.36. The van der Waals surface area contributed by atoms with E-state index in [2.05, 4.69) is 27.5 Å². The number of aliphatic imine (C=N–C) groups is 1. The van der Waals surface area contributed by atoms with Gasteiger partial charge in [-0.05, 0) is 20.8 Å². The zero-order valence-corrected chi connectivity index (χ0v) is 15.7. The van der Waals surface area contributed by atoms with Crippen molar-refractivity contribution >= 4 is 23.3 Å². The van der Waals surface area contributed by atoms with E-state index in [1.165, 1.54) is 11.3 Å². The van der Waals surface area contributed by atoms with Crippen molar-refractivity contribution < 1.29 is 14.3 Å². The Balaban J connectivity index is 1.96. The SMILES string of the molecule is CCOC(=O)c1sc(C(C)NC(=NC)NCC2(C)COC2)nc1C. The number of hydrogen-bond donors (Lipinski definition) is 2. The van der Waals surface area contributed by atoms with Gasteiger partial charge >= 0.3 is 5.97 Å². The molecule has 8 heteroatoms. The lowest BCUT2D eigenvalue weighted by Crippen LogP contribution is -2.51. The second-order valence-electron chi connectivity index (χ2n) is 6.28. The second kappa shape index (κ2) is 7.94. The number of nitrogens with zero attached hydrogens (tertiary/aromatic N) is 2. The molecule has 0 aromatic carbocycles. The quantitative estimate of drug-likeness (QED) is 0.461. The van der Waals surface area contributed by atoms with Crippen molar-refractivity contribution in [3.05, 3.63) is 15.6 Å². The predicted molar refractivity (Wildman–Crippen MR) is 94.6 cm³/mol. The minimum absolute atomic E-state index is 0.0616. The fourth-order valence-corrected chi connectivity index (χ4v) is 3.26. The molecule has 1 aromatic rings. The number of hydrogen-bond acceptors (Lipinski definition) is 6. The Bertz CT molecular complexity index is 610. The fraction of sp³-hybridized carbons (Fsp3) is 0.688. The summed E-state index contributed by atoms with van der Waals surface area (Å²) in [5.41, 5.74) is 0.861. The van der Waals surface area contributed by atoms with E-state index in [-0.39, 0.29) is 17.4 Å². The van der Waals surface area contributed by atoms with Gasteiger partial charge in [0.2, 0.25) is 0 Å². The van der Waals surface area contributed by atoms with Crippen LogP contribution in [0.3, 0.4) is 0 Å². The number of guanidine groups is 1. The zero-order chi connectivity index (χ0) is 17.7. The van der Waals surface area contributed by atoms with Crippen LogP contribution in [0.4, 0.5) is 0 Å². The van der Waals surface area contributed by atoms with E-state index >= 15 is 0 Å². The molecule has 1 saturated heterocycles. The van der Waals surface area contributed by atoms with E-state index in [0.29, 0.717) is 23.1 Å². The molecule has 0 saturated carbocycles. The van der Waals surface area contributed by atoms with E-state index in [9.17, 15) is 4.79 Å². The Morgan fingerprint density at radius 2 is 2.25 bits per heavy atom. The minimum Gasteiger partial charge on any atom is -0.462 e. The summed E-state index contributed by atoms with van der Waals surface area (Å²) in [7, 11) is 1.73. The topological polar surface area (TPSA) is 84.8 Å². The van der Waals surface area contributed by atoms with Gasteiger partial charge in [0.15, 0.2) is 5.96 Å². The molecule has 1 fully saturated rings. The zero-order valence-electron chi connectivity index (χ0n) is 14.9. The fourth-order valence-electron chi connectivity index (χ4n) is 2.30. The van der Waals surface area contributed by atoms with Crippen LogP contribution in [0.15, 0.2) is 4.99 Å². The summed E-state index contributed by atoms with van der Waals surface area (Å²) in [6.07, 6.45) is 0. The maximum Gasteiger partial charge on any atom is 0.350 e.